The first-order valence-corrected chi connectivity index (χ1v) is 4.84. The number of carbonyl (C=O) groups excluding carboxylic acids is 1. The minimum absolute atomic E-state index is 0.294. The van der Waals surface area contributed by atoms with Gasteiger partial charge in [-0.3, -0.25) is 4.79 Å². The lowest BCUT2D eigenvalue weighted by molar-refractivity contribution is -0.117. The fraction of sp³-hybridized carbons (Fsp3) is 0.400. The van der Waals surface area contributed by atoms with Crippen molar-refractivity contribution in [1.82, 2.24) is 10.2 Å². The molecule has 0 radical (unpaired) electrons. The Morgan fingerprint density at radius 3 is 2.75 bits per heavy atom. The molecule has 1 heterocycles. The van der Waals surface area contributed by atoms with Crippen LogP contribution in [0.5, 0.6) is 0 Å². The Labute approximate surface area is 77.5 Å². The van der Waals surface area contributed by atoms with Crippen LogP contribution in [0.4, 0.5) is 5.13 Å². The molecule has 1 amide bonds. The average Bonchev–Trinajstić information content (AvgIpc) is 2.35. The lowest BCUT2D eigenvalue weighted by Crippen LogP contribution is -2.22. The van der Waals surface area contributed by atoms with E-state index < -0.39 is 0 Å². The molecule has 0 saturated carbocycles. The zero-order chi connectivity index (χ0) is 9.14. The van der Waals surface area contributed by atoms with Crippen molar-refractivity contribution in [2.75, 3.05) is 5.73 Å². The molecule has 1 rings (SSSR count). The lowest BCUT2D eigenvalue weighted by atomic mass is 10.5. The zero-order valence-corrected chi connectivity index (χ0v) is 7.98. The molecule has 0 fully saturated rings. The summed E-state index contributed by atoms with van der Waals surface area (Å²) in [6.45, 7) is 1.71. The fourth-order valence-corrected chi connectivity index (χ4v) is 2.21. The van der Waals surface area contributed by atoms with E-state index in [4.69, 9.17) is 11.5 Å². The molecule has 0 aliphatic rings. The molecule has 0 spiro atoms. The topological polar surface area (TPSA) is 94.9 Å². The van der Waals surface area contributed by atoms with Crippen molar-refractivity contribution in [3.63, 3.8) is 0 Å². The third kappa shape index (κ3) is 2.35. The molecule has 1 aromatic rings. The Hall–Kier alpha value is -0.820. The maximum atomic E-state index is 10.6. The maximum Gasteiger partial charge on any atom is 0.230 e. The van der Waals surface area contributed by atoms with Gasteiger partial charge in [-0.1, -0.05) is 23.1 Å². The van der Waals surface area contributed by atoms with Crippen LogP contribution in [-0.2, 0) is 4.79 Å². The first-order chi connectivity index (χ1) is 5.59. The van der Waals surface area contributed by atoms with Gasteiger partial charge in [0.1, 0.15) is 0 Å². The minimum atomic E-state index is -0.367. The molecule has 5 nitrogen and oxygen atoms in total. The SMILES string of the molecule is CC(Sc1nnc(N)s1)C(N)=O. The minimum Gasteiger partial charge on any atom is -0.374 e. The Balaban J connectivity index is 2.58. The van der Waals surface area contributed by atoms with E-state index in [-0.39, 0.29) is 11.2 Å². The summed E-state index contributed by atoms with van der Waals surface area (Å²) in [6.07, 6.45) is 0. The van der Waals surface area contributed by atoms with Crippen molar-refractivity contribution in [2.45, 2.75) is 16.5 Å². The van der Waals surface area contributed by atoms with Crippen LogP contribution in [0.1, 0.15) is 6.92 Å². The van der Waals surface area contributed by atoms with Gasteiger partial charge < -0.3 is 11.5 Å². The molecule has 12 heavy (non-hydrogen) atoms. The largest absolute Gasteiger partial charge is 0.374 e. The normalized spacial score (nSPS) is 12.8. The van der Waals surface area contributed by atoms with Crippen LogP contribution in [0, 0.1) is 0 Å². The number of carbonyl (C=O) groups is 1. The van der Waals surface area contributed by atoms with Crippen molar-refractivity contribution in [3.05, 3.63) is 0 Å². The van der Waals surface area contributed by atoms with Crippen molar-refractivity contribution in [1.29, 1.82) is 0 Å². The number of anilines is 1. The predicted molar refractivity (Wildman–Crippen MR) is 48.8 cm³/mol. The molecular formula is C5H8N4OS2. The third-order valence-electron chi connectivity index (χ3n) is 1.10. The number of nitrogens with zero attached hydrogens (tertiary/aromatic N) is 2. The van der Waals surface area contributed by atoms with Crippen molar-refractivity contribution >= 4 is 34.1 Å². The Morgan fingerprint density at radius 1 is 1.67 bits per heavy atom. The van der Waals surface area contributed by atoms with Gasteiger partial charge >= 0.3 is 0 Å². The molecule has 0 saturated heterocycles. The highest BCUT2D eigenvalue weighted by atomic mass is 32.2. The van der Waals surface area contributed by atoms with E-state index in [0.717, 1.165) is 0 Å². The van der Waals surface area contributed by atoms with Crippen LogP contribution in [0.3, 0.4) is 0 Å². The number of hydrogen-bond acceptors (Lipinski definition) is 6. The van der Waals surface area contributed by atoms with E-state index in [1.165, 1.54) is 23.1 Å². The molecule has 0 bridgehead atoms. The summed E-state index contributed by atoms with van der Waals surface area (Å²) in [5.41, 5.74) is 10.4. The Morgan fingerprint density at radius 2 is 2.33 bits per heavy atom. The standard InChI is InChI=1S/C5H8N4OS2/c1-2(3(6)10)11-5-9-8-4(7)12-5/h2H,1H3,(H2,6,10)(H2,7,8). The van der Waals surface area contributed by atoms with Gasteiger partial charge in [0.25, 0.3) is 0 Å². The van der Waals surface area contributed by atoms with E-state index in [1.807, 2.05) is 0 Å². The third-order valence-corrected chi connectivity index (χ3v) is 3.06. The van der Waals surface area contributed by atoms with Crippen LogP contribution < -0.4 is 11.5 Å². The van der Waals surface area contributed by atoms with Crippen LogP contribution in [0.25, 0.3) is 0 Å². The second-order valence-corrected chi connectivity index (χ2v) is 4.67. The molecule has 66 valence electrons. The smallest absolute Gasteiger partial charge is 0.230 e. The quantitative estimate of drug-likeness (QED) is 0.680. The van der Waals surface area contributed by atoms with E-state index in [1.54, 1.807) is 6.92 Å². The molecule has 1 atom stereocenters. The number of hydrogen-bond donors (Lipinski definition) is 2. The summed E-state index contributed by atoms with van der Waals surface area (Å²) >= 11 is 2.51. The van der Waals surface area contributed by atoms with E-state index in [9.17, 15) is 4.79 Å². The highest BCUT2D eigenvalue weighted by Crippen LogP contribution is 2.26. The molecule has 4 N–H and O–H groups in total. The number of rotatable bonds is 3. The van der Waals surface area contributed by atoms with Crippen molar-refractivity contribution < 1.29 is 4.79 Å². The predicted octanol–water partition coefficient (Wildman–Crippen LogP) is 0.0862. The van der Waals surface area contributed by atoms with E-state index >= 15 is 0 Å². The van der Waals surface area contributed by atoms with Gasteiger partial charge in [0.15, 0.2) is 4.34 Å². The van der Waals surface area contributed by atoms with Gasteiger partial charge in [-0.2, -0.15) is 0 Å². The average molecular weight is 204 g/mol. The molecule has 1 aromatic heterocycles. The molecule has 1 unspecified atom stereocenters. The molecule has 0 aliphatic heterocycles. The van der Waals surface area contributed by atoms with Gasteiger partial charge in [-0.05, 0) is 6.92 Å². The van der Waals surface area contributed by atoms with Gasteiger partial charge in [-0.25, -0.2) is 0 Å². The van der Waals surface area contributed by atoms with Crippen molar-refractivity contribution in [3.8, 4) is 0 Å². The highest BCUT2D eigenvalue weighted by Gasteiger charge is 2.12. The number of aromatic nitrogens is 2. The Kier molecular flexibility index (Phi) is 2.88. The summed E-state index contributed by atoms with van der Waals surface area (Å²) < 4.78 is 0.666. The molecular weight excluding hydrogens is 196 g/mol. The monoisotopic (exact) mass is 204 g/mol. The summed E-state index contributed by atoms with van der Waals surface area (Å²) in [4.78, 5) is 10.6. The Bertz CT molecular complexity index is 287. The maximum absolute atomic E-state index is 10.6. The van der Waals surface area contributed by atoms with Crippen LogP contribution >= 0.6 is 23.1 Å². The van der Waals surface area contributed by atoms with Crippen molar-refractivity contribution in [2.24, 2.45) is 5.73 Å². The molecule has 0 aromatic carbocycles. The summed E-state index contributed by atoms with van der Waals surface area (Å²) in [5, 5.41) is 7.44. The first kappa shape index (κ1) is 9.27. The second kappa shape index (κ2) is 3.72. The number of nitrogen functional groups attached to an aromatic ring is 1. The molecule has 7 heteroatoms. The van der Waals surface area contributed by atoms with Gasteiger partial charge in [0.05, 0.1) is 5.25 Å². The van der Waals surface area contributed by atoms with Gasteiger partial charge in [0, 0.05) is 0 Å². The van der Waals surface area contributed by atoms with E-state index in [0.29, 0.717) is 9.47 Å². The summed E-state index contributed by atoms with van der Waals surface area (Å²) in [5.74, 6) is -0.367. The van der Waals surface area contributed by atoms with Crippen LogP contribution in [0.15, 0.2) is 4.34 Å². The number of primary amides is 1. The number of amides is 1. The molecule has 0 aliphatic carbocycles. The first-order valence-electron chi connectivity index (χ1n) is 3.14. The fourth-order valence-electron chi connectivity index (χ4n) is 0.477. The highest BCUT2D eigenvalue weighted by molar-refractivity contribution is 8.02. The van der Waals surface area contributed by atoms with Gasteiger partial charge in [0.2, 0.25) is 11.0 Å². The lowest BCUT2D eigenvalue weighted by Gasteiger charge is -2.00. The summed E-state index contributed by atoms with van der Waals surface area (Å²) in [7, 11) is 0. The van der Waals surface area contributed by atoms with E-state index in [2.05, 4.69) is 10.2 Å². The number of thioether (sulfide) groups is 1. The van der Waals surface area contributed by atoms with Crippen LogP contribution in [-0.4, -0.2) is 21.4 Å². The summed E-state index contributed by atoms with van der Waals surface area (Å²) in [6, 6.07) is 0. The van der Waals surface area contributed by atoms with Crippen LogP contribution in [0.2, 0.25) is 0 Å². The number of nitrogens with two attached hydrogens (primary N) is 2. The van der Waals surface area contributed by atoms with Gasteiger partial charge in [-0.15, -0.1) is 10.2 Å². The second-order valence-electron chi connectivity index (χ2n) is 2.07. The zero-order valence-electron chi connectivity index (χ0n) is 6.35.